The van der Waals surface area contributed by atoms with Gasteiger partial charge in [-0.2, -0.15) is 0 Å². The van der Waals surface area contributed by atoms with Crippen molar-refractivity contribution in [1.82, 2.24) is 15.5 Å². The molecule has 0 aliphatic carbocycles. The highest BCUT2D eigenvalue weighted by Crippen LogP contribution is 2.30. The van der Waals surface area contributed by atoms with Gasteiger partial charge in [-0.15, -0.1) is 10.2 Å². The van der Waals surface area contributed by atoms with Crippen LogP contribution in [-0.2, 0) is 4.79 Å². The quantitative estimate of drug-likeness (QED) is 0.646. The third kappa shape index (κ3) is 4.60. The van der Waals surface area contributed by atoms with Gasteiger partial charge in [0, 0.05) is 11.6 Å². The van der Waals surface area contributed by atoms with Crippen molar-refractivity contribution in [3.05, 3.63) is 66.5 Å². The van der Waals surface area contributed by atoms with Crippen LogP contribution in [-0.4, -0.2) is 42.0 Å². The van der Waals surface area contributed by atoms with Crippen LogP contribution in [0.15, 0.2) is 60.7 Å². The minimum absolute atomic E-state index is 0.153. The van der Waals surface area contributed by atoms with Gasteiger partial charge in [-0.3, -0.25) is 4.79 Å². The van der Waals surface area contributed by atoms with Gasteiger partial charge in [-0.25, -0.2) is 4.39 Å². The molecule has 1 N–H and O–H groups in total. The molecule has 8 heteroatoms. The number of ether oxygens (including phenoxy) is 3. The SMILES string of the molecule is O=C(NCCOc1ccc(-c2ccc(F)cc2)nn1)C1COc2ccccc2O1. The summed E-state index contributed by atoms with van der Waals surface area (Å²) in [5.74, 6) is 0.921. The zero-order chi connectivity index (χ0) is 20.1. The molecule has 148 valence electrons. The van der Waals surface area contributed by atoms with E-state index in [1.807, 2.05) is 12.1 Å². The monoisotopic (exact) mass is 395 g/mol. The van der Waals surface area contributed by atoms with Crippen molar-refractivity contribution in [3.63, 3.8) is 0 Å². The maximum Gasteiger partial charge on any atom is 0.264 e. The fraction of sp³-hybridized carbons (Fsp3) is 0.190. The summed E-state index contributed by atoms with van der Waals surface area (Å²) in [5.41, 5.74) is 1.37. The number of fused-ring (bicyclic) bond motifs is 1. The van der Waals surface area contributed by atoms with Crippen molar-refractivity contribution in [1.29, 1.82) is 0 Å². The van der Waals surface area contributed by atoms with Gasteiger partial charge in [-0.05, 0) is 42.5 Å². The molecule has 0 spiro atoms. The molecule has 0 saturated heterocycles. The highest BCUT2D eigenvalue weighted by molar-refractivity contribution is 5.81. The Balaban J connectivity index is 1.22. The molecule has 29 heavy (non-hydrogen) atoms. The predicted molar refractivity (Wildman–Crippen MR) is 102 cm³/mol. The van der Waals surface area contributed by atoms with Crippen molar-refractivity contribution in [2.45, 2.75) is 6.10 Å². The average Bonchev–Trinajstić information content (AvgIpc) is 2.77. The van der Waals surface area contributed by atoms with Crippen LogP contribution in [0, 0.1) is 5.82 Å². The molecule has 4 rings (SSSR count). The molecule has 7 nitrogen and oxygen atoms in total. The lowest BCUT2D eigenvalue weighted by Gasteiger charge is -2.25. The van der Waals surface area contributed by atoms with Crippen LogP contribution in [0.1, 0.15) is 0 Å². The summed E-state index contributed by atoms with van der Waals surface area (Å²) in [6.45, 7) is 0.655. The minimum atomic E-state index is -0.709. The van der Waals surface area contributed by atoms with E-state index in [0.29, 0.717) is 23.1 Å². The van der Waals surface area contributed by atoms with E-state index in [2.05, 4.69) is 15.5 Å². The molecule has 1 aliphatic rings. The molecule has 0 saturated carbocycles. The van der Waals surface area contributed by atoms with E-state index in [0.717, 1.165) is 5.56 Å². The lowest BCUT2D eigenvalue weighted by molar-refractivity contribution is -0.130. The van der Waals surface area contributed by atoms with Gasteiger partial charge >= 0.3 is 0 Å². The molecule has 3 aromatic rings. The molecule has 0 fully saturated rings. The van der Waals surface area contributed by atoms with Crippen molar-refractivity contribution in [2.24, 2.45) is 0 Å². The Morgan fingerprint density at radius 2 is 1.86 bits per heavy atom. The van der Waals surface area contributed by atoms with E-state index < -0.39 is 6.10 Å². The van der Waals surface area contributed by atoms with Crippen molar-refractivity contribution in [2.75, 3.05) is 19.8 Å². The average molecular weight is 395 g/mol. The first-order valence-corrected chi connectivity index (χ1v) is 9.08. The number of carbonyl (C=O) groups is 1. The Labute approximate surface area is 166 Å². The van der Waals surface area contributed by atoms with Gasteiger partial charge in [-0.1, -0.05) is 12.1 Å². The molecular weight excluding hydrogens is 377 g/mol. The smallest absolute Gasteiger partial charge is 0.264 e. The summed E-state index contributed by atoms with van der Waals surface area (Å²) in [4.78, 5) is 12.2. The van der Waals surface area contributed by atoms with Crippen LogP contribution < -0.4 is 19.5 Å². The standard InChI is InChI=1S/C21H18FN3O4/c22-15-7-5-14(6-8-15)16-9-10-20(25-24-16)27-12-11-23-21(26)19-13-28-17-3-1-2-4-18(17)29-19/h1-10,19H,11-13H2,(H,23,26). The largest absolute Gasteiger partial charge is 0.485 e. The van der Waals surface area contributed by atoms with E-state index in [9.17, 15) is 9.18 Å². The molecule has 0 radical (unpaired) electrons. The molecule has 1 unspecified atom stereocenters. The lowest BCUT2D eigenvalue weighted by atomic mass is 10.1. The zero-order valence-corrected chi connectivity index (χ0v) is 15.4. The van der Waals surface area contributed by atoms with Gasteiger partial charge in [0.2, 0.25) is 12.0 Å². The molecule has 1 aliphatic heterocycles. The van der Waals surface area contributed by atoms with Crippen molar-refractivity contribution >= 4 is 5.91 Å². The number of hydrogen-bond donors (Lipinski definition) is 1. The Hall–Kier alpha value is -3.68. The van der Waals surface area contributed by atoms with Gasteiger partial charge in [0.05, 0.1) is 12.2 Å². The van der Waals surface area contributed by atoms with E-state index in [-0.39, 0.29) is 31.5 Å². The number of aromatic nitrogens is 2. The zero-order valence-electron chi connectivity index (χ0n) is 15.4. The Morgan fingerprint density at radius 1 is 1.07 bits per heavy atom. The number of para-hydroxylation sites is 2. The van der Waals surface area contributed by atoms with Crippen LogP contribution >= 0.6 is 0 Å². The first-order chi connectivity index (χ1) is 14.2. The van der Waals surface area contributed by atoms with Crippen molar-refractivity contribution < 1.29 is 23.4 Å². The maximum atomic E-state index is 13.0. The number of carbonyl (C=O) groups excluding carboxylic acids is 1. The van der Waals surface area contributed by atoms with Crippen molar-refractivity contribution in [3.8, 4) is 28.6 Å². The van der Waals surface area contributed by atoms with Crippen LogP contribution in [0.3, 0.4) is 0 Å². The number of hydrogen-bond acceptors (Lipinski definition) is 6. The summed E-state index contributed by atoms with van der Waals surface area (Å²) in [6.07, 6.45) is -0.709. The first-order valence-electron chi connectivity index (χ1n) is 9.08. The Kier molecular flexibility index (Phi) is 5.51. The van der Waals surface area contributed by atoms with E-state index in [1.54, 1.807) is 36.4 Å². The number of amides is 1. The highest BCUT2D eigenvalue weighted by Gasteiger charge is 2.26. The second-order valence-corrected chi connectivity index (χ2v) is 6.27. The first kappa shape index (κ1) is 18.7. The molecule has 2 aromatic carbocycles. The van der Waals surface area contributed by atoms with Gasteiger partial charge in [0.25, 0.3) is 5.91 Å². The number of rotatable bonds is 6. The second-order valence-electron chi connectivity index (χ2n) is 6.27. The minimum Gasteiger partial charge on any atom is -0.485 e. The molecule has 1 atom stereocenters. The normalized spacial score (nSPS) is 14.9. The van der Waals surface area contributed by atoms with Crippen LogP contribution in [0.2, 0.25) is 0 Å². The molecule has 2 heterocycles. The molecular formula is C21H18FN3O4. The number of halogens is 1. The van der Waals surface area contributed by atoms with Gasteiger partial charge < -0.3 is 19.5 Å². The van der Waals surface area contributed by atoms with Crippen LogP contribution in [0.4, 0.5) is 4.39 Å². The van der Waals surface area contributed by atoms with Gasteiger partial charge in [0.15, 0.2) is 11.5 Å². The second kappa shape index (κ2) is 8.55. The van der Waals surface area contributed by atoms with E-state index in [4.69, 9.17) is 14.2 Å². The summed E-state index contributed by atoms with van der Waals surface area (Å²) < 4.78 is 29.6. The number of nitrogens with zero attached hydrogens (tertiary/aromatic N) is 2. The lowest BCUT2D eigenvalue weighted by Crippen LogP contribution is -2.45. The molecule has 0 bridgehead atoms. The molecule has 1 amide bonds. The summed E-state index contributed by atoms with van der Waals surface area (Å²) >= 11 is 0. The van der Waals surface area contributed by atoms with Crippen LogP contribution in [0.5, 0.6) is 17.4 Å². The van der Waals surface area contributed by atoms with Crippen LogP contribution in [0.25, 0.3) is 11.3 Å². The predicted octanol–water partition coefficient (Wildman–Crippen LogP) is 2.62. The maximum absolute atomic E-state index is 13.0. The summed E-state index contributed by atoms with van der Waals surface area (Å²) in [7, 11) is 0. The third-order valence-corrected chi connectivity index (χ3v) is 4.23. The topological polar surface area (TPSA) is 82.6 Å². The van der Waals surface area contributed by atoms with E-state index >= 15 is 0 Å². The fourth-order valence-electron chi connectivity index (χ4n) is 2.76. The Bertz CT molecular complexity index is 980. The Morgan fingerprint density at radius 3 is 2.62 bits per heavy atom. The fourth-order valence-corrected chi connectivity index (χ4v) is 2.76. The van der Waals surface area contributed by atoms with Gasteiger partial charge in [0.1, 0.15) is 19.0 Å². The molecule has 1 aromatic heterocycles. The number of benzene rings is 2. The highest BCUT2D eigenvalue weighted by atomic mass is 19.1. The third-order valence-electron chi connectivity index (χ3n) is 4.23. The summed E-state index contributed by atoms with van der Waals surface area (Å²) in [6, 6.07) is 16.6. The number of nitrogens with one attached hydrogen (secondary N) is 1. The summed E-state index contributed by atoms with van der Waals surface area (Å²) in [5, 5.41) is 10.8. The van der Waals surface area contributed by atoms with E-state index in [1.165, 1.54) is 12.1 Å².